The second-order valence-corrected chi connectivity index (χ2v) is 2.33. The van der Waals surface area contributed by atoms with E-state index in [4.69, 9.17) is 12.2 Å². The van der Waals surface area contributed by atoms with Gasteiger partial charge in [0.05, 0.1) is 11.3 Å². The van der Waals surface area contributed by atoms with E-state index in [1.165, 1.54) is 12.1 Å². The number of terminal acetylenes is 1. The summed E-state index contributed by atoms with van der Waals surface area (Å²) >= 11 is 0. The van der Waals surface area contributed by atoms with E-state index in [1.54, 1.807) is 6.92 Å². The minimum absolute atomic E-state index is 0.343. The van der Waals surface area contributed by atoms with Gasteiger partial charge in [-0.2, -0.15) is 0 Å². The van der Waals surface area contributed by atoms with Crippen molar-refractivity contribution in [3.05, 3.63) is 29.1 Å². The molecule has 0 spiro atoms. The van der Waals surface area contributed by atoms with Crippen LogP contribution < -0.4 is 5.73 Å². The van der Waals surface area contributed by atoms with E-state index in [9.17, 15) is 4.39 Å². The number of rotatable bonds is 0. The zero-order chi connectivity index (χ0) is 8.43. The standard InChI is InChI=1S/C9H8FN/c1-3-7-5-8(10)4-6(2)9(7)11/h1,4-5H,11H2,2H3. The average Bonchev–Trinajstić information content (AvgIpc) is 1.96. The molecule has 0 amide bonds. The molecule has 0 heterocycles. The van der Waals surface area contributed by atoms with E-state index >= 15 is 0 Å². The van der Waals surface area contributed by atoms with Crippen molar-refractivity contribution in [1.29, 1.82) is 0 Å². The Morgan fingerprint density at radius 3 is 2.73 bits per heavy atom. The van der Waals surface area contributed by atoms with Gasteiger partial charge in [0.25, 0.3) is 0 Å². The van der Waals surface area contributed by atoms with Crippen molar-refractivity contribution in [3.63, 3.8) is 0 Å². The van der Waals surface area contributed by atoms with Crippen LogP contribution in [0.15, 0.2) is 12.1 Å². The molecule has 0 aromatic heterocycles. The van der Waals surface area contributed by atoms with Crippen LogP contribution in [-0.4, -0.2) is 0 Å². The Kier molecular flexibility index (Phi) is 1.82. The van der Waals surface area contributed by atoms with Crippen LogP contribution in [0.1, 0.15) is 11.1 Å². The van der Waals surface area contributed by atoms with E-state index in [0.717, 1.165) is 0 Å². The van der Waals surface area contributed by atoms with Gasteiger partial charge >= 0.3 is 0 Å². The van der Waals surface area contributed by atoms with Crippen LogP contribution in [0, 0.1) is 25.1 Å². The van der Waals surface area contributed by atoms with Crippen LogP contribution in [0.5, 0.6) is 0 Å². The van der Waals surface area contributed by atoms with E-state index in [2.05, 4.69) is 5.92 Å². The molecule has 0 atom stereocenters. The van der Waals surface area contributed by atoms with E-state index in [-0.39, 0.29) is 5.82 Å². The molecule has 1 aromatic carbocycles. The summed E-state index contributed by atoms with van der Waals surface area (Å²) in [7, 11) is 0. The quantitative estimate of drug-likeness (QED) is 0.441. The fourth-order valence-electron chi connectivity index (χ4n) is 0.874. The van der Waals surface area contributed by atoms with Gasteiger partial charge in [-0.3, -0.25) is 0 Å². The van der Waals surface area contributed by atoms with Crippen LogP contribution >= 0.6 is 0 Å². The fourth-order valence-corrected chi connectivity index (χ4v) is 0.874. The monoisotopic (exact) mass is 149 g/mol. The lowest BCUT2D eigenvalue weighted by atomic mass is 10.1. The Balaban J connectivity index is 3.39. The molecule has 0 aliphatic carbocycles. The first-order chi connectivity index (χ1) is 5.15. The molecule has 56 valence electrons. The number of nitrogen functional groups attached to an aromatic ring is 1. The summed E-state index contributed by atoms with van der Waals surface area (Å²) < 4.78 is 12.6. The summed E-state index contributed by atoms with van der Waals surface area (Å²) in [5, 5.41) is 0. The van der Waals surface area contributed by atoms with Crippen molar-refractivity contribution in [1.82, 2.24) is 0 Å². The highest BCUT2D eigenvalue weighted by atomic mass is 19.1. The largest absolute Gasteiger partial charge is 0.397 e. The van der Waals surface area contributed by atoms with Crippen molar-refractivity contribution in [2.24, 2.45) is 0 Å². The minimum Gasteiger partial charge on any atom is -0.397 e. The second kappa shape index (κ2) is 2.63. The molecule has 11 heavy (non-hydrogen) atoms. The molecule has 0 aliphatic rings. The van der Waals surface area contributed by atoms with Crippen molar-refractivity contribution >= 4 is 5.69 Å². The highest BCUT2D eigenvalue weighted by molar-refractivity contribution is 5.59. The second-order valence-electron chi connectivity index (χ2n) is 2.33. The van der Waals surface area contributed by atoms with E-state index in [1.807, 2.05) is 0 Å². The number of aryl methyl sites for hydroxylation is 1. The Hall–Kier alpha value is -1.49. The topological polar surface area (TPSA) is 26.0 Å². The number of benzene rings is 1. The smallest absolute Gasteiger partial charge is 0.124 e. The predicted molar refractivity (Wildman–Crippen MR) is 43.5 cm³/mol. The number of halogens is 1. The number of hydrogen-bond acceptors (Lipinski definition) is 1. The summed E-state index contributed by atoms with van der Waals surface area (Å²) in [4.78, 5) is 0. The molecule has 0 saturated carbocycles. The molecule has 1 aromatic rings. The molecule has 1 nitrogen and oxygen atoms in total. The molecule has 0 saturated heterocycles. The first-order valence-corrected chi connectivity index (χ1v) is 3.17. The summed E-state index contributed by atoms with van der Waals surface area (Å²) in [6, 6.07) is 2.61. The third kappa shape index (κ3) is 1.32. The maximum atomic E-state index is 12.6. The van der Waals surface area contributed by atoms with Crippen molar-refractivity contribution in [2.75, 3.05) is 5.73 Å². The van der Waals surface area contributed by atoms with Crippen molar-refractivity contribution in [2.45, 2.75) is 6.92 Å². The van der Waals surface area contributed by atoms with Crippen LogP contribution in [0.25, 0.3) is 0 Å². The Bertz CT molecular complexity index is 323. The van der Waals surface area contributed by atoms with Gasteiger partial charge in [0.2, 0.25) is 0 Å². The molecule has 0 unspecified atom stereocenters. The number of nitrogens with two attached hydrogens (primary N) is 1. The molecule has 2 N–H and O–H groups in total. The Labute approximate surface area is 65.0 Å². The first-order valence-electron chi connectivity index (χ1n) is 3.17. The molecule has 0 bridgehead atoms. The fraction of sp³-hybridized carbons (Fsp3) is 0.111. The van der Waals surface area contributed by atoms with Gasteiger partial charge in [-0.15, -0.1) is 6.42 Å². The van der Waals surface area contributed by atoms with Gasteiger partial charge < -0.3 is 5.73 Å². The van der Waals surface area contributed by atoms with Gasteiger partial charge in [0.15, 0.2) is 0 Å². The molecule has 0 radical (unpaired) electrons. The molecule has 0 aliphatic heterocycles. The van der Waals surface area contributed by atoms with Crippen LogP contribution in [-0.2, 0) is 0 Å². The molecule has 0 fully saturated rings. The lowest BCUT2D eigenvalue weighted by molar-refractivity contribution is 0.626. The number of anilines is 1. The third-order valence-electron chi connectivity index (χ3n) is 1.51. The maximum absolute atomic E-state index is 12.6. The van der Waals surface area contributed by atoms with Crippen molar-refractivity contribution < 1.29 is 4.39 Å². The highest BCUT2D eigenvalue weighted by Crippen LogP contribution is 2.17. The van der Waals surface area contributed by atoms with Gasteiger partial charge in [-0.1, -0.05) is 5.92 Å². The average molecular weight is 149 g/mol. The van der Waals surface area contributed by atoms with Gasteiger partial charge in [0, 0.05) is 0 Å². The summed E-state index contributed by atoms with van der Waals surface area (Å²) in [5.74, 6) is 1.97. The Morgan fingerprint density at radius 2 is 2.18 bits per heavy atom. The van der Waals surface area contributed by atoms with Crippen LogP contribution in [0.2, 0.25) is 0 Å². The summed E-state index contributed by atoms with van der Waals surface area (Å²) in [6.45, 7) is 1.72. The highest BCUT2D eigenvalue weighted by Gasteiger charge is 2.01. The van der Waals surface area contributed by atoms with Crippen molar-refractivity contribution in [3.8, 4) is 12.3 Å². The minimum atomic E-state index is -0.343. The predicted octanol–water partition coefficient (Wildman–Crippen LogP) is 1.70. The van der Waals surface area contributed by atoms with Gasteiger partial charge in [0.1, 0.15) is 5.82 Å². The summed E-state index contributed by atoms with van der Waals surface area (Å²) in [5.41, 5.74) is 7.13. The summed E-state index contributed by atoms with van der Waals surface area (Å²) in [6.07, 6.45) is 5.09. The lowest BCUT2D eigenvalue weighted by Gasteiger charge is -2.01. The van der Waals surface area contributed by atoms with Gasteiger partial charge in [-0.05, 0) is 24.6 Å². The molecule has 1 rings (SSSR count). The maximum Gasteiger partial charge on any atom is 0.124 e. The van der Waals surface area contributed by atoms with Crippen LogP contribution in [0.4, 0.5) is 10.1 Å². The van der Waals surface area contributed by atoms with E-state index in [0.29, 0.717) is 16.8 Å². The van der Waals surface area contributed by atoms with Gasteiger partial charge in [-0.25, -0.2) is 4.39 Å². The lowest BCUT2D eigenvalue weighted by Crippen LogP contribution is -1.94. The zero-order valence-electron chi connectivity index (χ0n) is 6.19. The third-order valence-corrected chi connectivity index (χ3v) is 1.51. The SMILES string of the molecule is C#Cc1cc(F)cc(C)c1N. The Morgan fingerprint density at radius 1 is 1.55 bits per heavy atom. The first kappa shape index (κ1) is 7.62. The molecular weight excluding hydrogens is 141 g/mol. The zero-order valence-corrected chi connectivity index (χ0v) is 6.19. The number of hydrogen-bond donors (Lipinski definition) is 1. The van der Waals surface area contributed by atoms with E-state index < -0.39 is 0 Å². The molecule has 2 heteroatoms. The normalized spacial score (nSPS) is 9.18. The van der Waals surface area contributed by atoms with Crippen LogP contribution in [0.3, 0.4) is 0 Å². The molecular formula is C9H8FN.